The number of hydrogen-bond donors (Lipinski definition) is 2. The number of carbonyl (C=O) groups excluding carboxylic acids is 1. The summed E-state index contributed by atoms with van der Waals surface area (Å²) in [5.41, 5.74) is 6.08. The molecule has 0 spiro atoms. The maximum atomic E-state index is 11.7. The number of nitrogens with zero attached hydrogens (tertiary/aromatic N) is 2. The molecular weight excluding hydrogens is 276 g/mol. The highest BCUT2D eigenvalue weighted by molar-refractivity contribution is 8.00. The molecule has 1 aromatic heterocycles. The maximum Gasteiger partial charge on any atom is 0.343 e. The first kappa shape index (κ1) is 14.4. The molecule has 0 saturated heterocycles. The third-order valence-electron chi connectivity index (χ3n) is 2.87. The summed E-state index contributed by atoms with van der Waals surface area (Å²) in [4.78, 5) is 22.8. The number of nitrogens with two attached hydrogens (primary N) is 1. The van der Waals surface area contributed by atoms with Gasteiger partial charge in [0.05, 0.1) is 5.25 Å². The van der Waals surface area contributed by atoms with Gasteiger partial charge in [-0.25, -0.2) is 9.89 Å². The molecule has 0 saturated carbocycles. The Labute approximate surface area is 120 Å². The quantitative estimate of drug-likeness (QED) is 0.769. The second-order valence-electron chi connectivity index (χ2n) is 4.36. The summed E-state index contributed by atoms with van der Waals surface area (Å²) in [6, 6.07) is 9.87. The molecule has 0 aliphatic rings. The predicted molar refractivity (Wildman–Crippen MR) is 77.5 cm³/mol. The summed E-state index contributed by atoms with van der Waals surface area (Å²) in [5, 5.41) is 6.39. The minimum atomic E-state index is -0.431. The largest absolute Gasteiger partial charge is 0.369 e. The fraction of sp³-hybridized carbons (Fsp3) is 0.308. The smallest absolute Gasteiger partial charge is 0.343 e. The van der Waals surface area contributed by atoms with E-state index in [1.165, 1.54) is 16.3 Å². The molecule has 0 bridgehead atoms. The van der Waals surface area contributed by atoms with Crippen LogP contribution in [0.15, 0.2) is 40.3 Å². The number of hydrogen-bond acceptors (Lipinski definition) is 4. The average molecular weight is 292 g/mol. The van der Waals surface area contributed by atoms with E-state index < -0.39 is 11.2 Å². The SMILES string of the molecule is C[C@@H](Sc1n[nH]c(=O)n1CCc1ccccc1)C(N)=O. The number of amides is 1. The van der Waals surface area contributed by atoms with Crippen molar-refractivity contribution in [3.8, 4) is 0 Å². The predicted octanol–water partition coefficient (Wildman–Crippen LogP) is 0.780. The molecule has 6 nitrogen and oxygen atoms in total. The summed E-state index contributed by atoms with van der Waals surface area (Å²) in [7, 11) is 0. The minimum absolute atomic E-state index is 0.278. The topological polar surface area (TPSA) is 93.8 Å². The van der Waals surface area contributed by atoms with Crippen LogP contribution >= 0.6 is 11.8 Å². The van der Waals surface area contributed by atoms with Crippen molar-refractivity contribution in [1.82, 2.24) is 14.8 Å². The van der Waals surface area contributed by atoms with Gasteiger partial charge in [-0.3, -0.25) is 9.36 Å². The third kappa shape index (κ3) is 3.51. The molecule has 0 fully saturated rings. The molecule has 0 aliphatic heterocycles. The Balaban J connectivity index is 2.09. The average Bonchev–Trinajstić information content (AvgIpc) is 2.78. The Morgan fingerprint density at radius 1 is 1.45 bits per heavy atom. The standard InChI is InChI=1S/C13H16N4O2S/c1-9(11(14)18)20-13-16-15-12(19)17(13)8-7-10-5-3-2-4-6-10/h2-6,9H,7-8H2,1H3,(H2,14,18)(H,15,19)/t9-/m1/s1. The third-order valence-corrected chi connectivity index (χ3v) is 3.98. The van der Waals surface area contributed by atoms with Gasteiger partial charge in [0.25, 0.3) is 0 Å². The number of primary amides is 1. The van der Waals surface area contributed by atoms with Gasteiger partial charge in [0, 0.05) is 6.54 Å². The summed E-state index contributed by atoms with van der Waals surface area (Å²) in [5.74, 6) is -0.431. The zero-order chi connectivity index (χ0) is 14.5. The van der Waals surface area contributed by atoms with E-state index >= 15 is 0 Å². The number of thioether (sulfide) groups is 1. The molecule has 0 unspecified atom stereocenters. The van der Waals surface area contributed by atoms with Gasteiger partial charge in [-0.15, -0.1) is 5.10 Å². The minimum Gasteiger partial charge on any atom is -0.369 e. The van der Waals surface area contributed by atoms with Crippen LogP contribution in [0.5, 0.6) is 0 Å². The van der Waals surface area contributed by atoms with E-state index in [1.807, 2.05) is 30.3 Å². The number of nitrogens with one attached hydrogen (secondary N) is 1. The fourth-order valence-corrected chi connectivity index (χ4v) is 2.52. The van der Waals surface area contributed by atoms with E-state index in [2.05, 4.69) is 10.2 Å². The number of H-pyrrole nitrogens is 1. The summed E-state index contributed by atoms with van der Waals surface area (Å²) < 4.78 is 1.52. The fourth-order valence-electron chi connectivity index (χ4n) is 1.69. The number of benzene rings is 1. The number of carbonyl (C=O) groups is 1. The van der Waals surface area contributed by atoms with Crippen LogP contribution in [0.1, 0.15) is 12.5 Å². The molecular formula is C13H16N4O2S. The molecule has 0 radical (unpaired) electrons. The lowest BCUT2D eigenvalue weighted by atomic mass is 10.1. The Morgan fingerprint density at radius 2 is 2.15 bits per heavy atom. The first-order valence-electron chi connectivity index (χ1n) is 6.23. The molecule has 3 N–H and O–H groups in total. The van der Waals surface area contributed by atoms with Crippen molar-refractivity contribution in [1.29, 1.82) is 0 Å². The Bertz CT molecular complexity index is 635. The van der Waals surface area contributed by atoms with Crippen molar-refractivity contribution in [3.05, 3.63) is 46.4 Å². The van der Waals surface area contributed by atoms with Gasteiger partial charge in [-0.05, 0) is 18.9 Å². The Hall–Kier alpha value is -2.02. The van der Waals surface area contributed by atoms with Crippen LogP contribution in [-0.4, -0.2) is 25.9 Å². The molecule has 0 aliphatic carbocycles. The molecule has 2 rings (SSSR count). The van der Waals surface area contributed by atoms with Gasteiger partial charge < -0.3 is 5.73 Å². The van der Waals surface area contributed by atoms with Crippen LogP contribution in [0.3, 0.4) is 0 Å². The van der Waals surface area contributed by atoms with Crippen LogP contribution in [-0.2, 0) is 17.8 Å². The first-order valence-corrected chi connectivity index (χ1v) is 7.11. The zero-order valence-electron chi connectivity index (χ0n) is 11.1. The van der Waals surface area contributed by atoms with Gasteiger partial charge in [-0.1, -0.05) is 42.1 Å². The van der Waals surface area contributed by atoms with Crippen LogP contribution in [0.25, 0.3) is 0 Å². The van der Waals surface area contributed by atoms with E-state index in [0.29, 0.717) is 11.7 Å². The number of rotatable bonds is 6. The van der Waals surface area contributed by atoms with Crippen molar-refractivity contribution in [3.63, 3.8) is 0 Å². The number of aromatic nitrogens is 3. The van der Waals surface area contributed by atoms with Crippen molar-refractivity contribution in [2.45, 2.75) is 30.3 Å². The molecule has 1 atom stereocenters. The van der Waals surface area contributed by atoms with Crippen molar-refractivity contribution in [2.75, 3.05) is 0 Å². The lowest BCUT2D eigenvalue weighted by molar-refractivity contribution is -0.117. The van der Waals surface area contributed by atoms with E-state index in [-0.39, 0.29) is 5.69 Å². The number of aromatic amines is 1. The first-order chi connectivity index (χ1) is 9.58. The Kier molecular flexibility index (Phi) is 4.62. The van der Waals surface area contributed by atoms with Gasteiger partial charge in [0.1, 0.15) is 0 Å². The van der Waals surface area contributed by atoms with Crippen LogP contribution in [0.4, 0.5) is 0 Å². The zero-order valence-corrected chi connectivity index (χ0v) is 11.9. The van der Waals surface area contributed by atoms with E-state index in [1.54, 1.807) is 6.92 Å². The second kappa shape index (κ2) is 6.42. The lowest BCUT2D eigenvalue weighted by Crippen LogP contribution is -2.24. The molecule has 2 aromatic rings. The molecule has 1 aromatic carbocycles. The van der Waals surface area contributed by atoms with E-state index in [9.17, 15) is 9.59 Å². The van der Waals surface area contributed by atoms with Crippen LogP contribution in [0.2, 0.25) is 0 Å². The van der Waals surface area contributed by atoms with Gasteiger partial charge in [-0.2, -0.15) is 0 Å². The molecule has 1 heterocycles. The van der Waals surface area contributed by atoms with Crippen molar-refractivity contribution >= 4 is 17.7 Å². The lowest BCUT2D eigenvalue weighted by Gasteiger charge is -2.08. The van der Waals surface area contributed by atoms with E-state index in [4.69, 9.17) is 5.73 Å². The summed E-state index contributed by atoms with van der Waals surface area (Å²) in [6.07, 6.45) is 0.721. The van der Waals surface area contributed by atoms with Crippen LogP contribution in [0, 0.1) is 0 Å². The maximum absolute atomic E-state index is 11.7. The van der Waals surface area contributed by atoms with Crippen LogP contribution < -0.4 is 11.4 Å². The highest BCUT2D eigenvalue weighted by atomic mass is 32.2. The normalized spacial score (nSPS) is 12.2. The van der Waals surface area contributed by atoms with Crippen molar-refractivity contribution in [2.24, 2.45) is 5.73 Å². The molecule has 106 valence electrons. The van der Waals surface area contributed by atoms with Gasteiger partial charge in [0.2, 0.25) is 5.91 Å². The van der Waals surface area contributed by atoms with E-state index in [0.717, 1.165) is 12.0 Å². The molecule has 20 heavy (non-hydrogen) atoms. The summed E-state index contributed by atoms with van der Waals surface area (Å²) >= 11 is 1.18. The summed E-state index contributed by atoms with van der Waals surface area (Å²) in [6.45, 7) is 2.20. The van der Waals surface area contributed by atoms with Gasteiger partial charge in [0.15, 0.2) is 5.16 Å². The van der Waals surface area contributed by atoms with Gasteiger partial charge >= 0.3 is 5.69 Å². The number of aryl methyl sites for hydroxylation is 1. The van der Waals surface area contributed by atoms with Crippen molar-refractivity contribution < 1.29 is 4.79 Å². The molecule has 1 amide bonds. The Morgan fingerprint density at radius 3 is 2.80 bits per heavy atom. The monoisotopic (exact) mass is 292 g/mol. The highest BCUT2D eigenvalue weighted by Crippen LogP contribution is 2.19. The second-order valence-corrected chi connectivity index (χ2v) is 5.67. The highest BCUT2D eigenvalue weighted by Gasteiger charge is 2.16. The molecule has 7 heteroatoms.